The molecule has 3 aromatic rings. The Morgan fingerprint density at radius 1 is 0.526 bits per heavy atom. The van der Waals surface area contributed by atoms with Crippen LogP contribution in [0.2, 0.25) is 0 Å². The molecule has 7 heteroatoms. The lowest BCUT2D eigenvalue weighted by atomic mass is 10.2. The van der Waals surface area contributed by atoms with Gasteiger partial charge in [-0.3, -0.25) is 34.6 Å². The van der Waals surface area contributed by atoms with Gasteiger partial charge in [0.25, 0.3) is 0 Å². The number of nitrogens with zero attached hydrogens (tertiary/aromatic N) is 7. The fourth-order valence-corrected chi connectivity index (χ4v) is 5.17. The molecule has 4 rings (SSSR count). The summed E-state index contributed by atoms with van der Waals surface area (Å²) in [6, 6.07) is 19.3. The highest BCUT2D eigenvalue weighted by molar-refractivity contribution is 5.05. The Kier molecular flexibility index (Phi) is 11.6. The van der Waals surface area contributed by atoms with Crippen LogP contribution in [0.4, 0.5) is 0 Å². The summed E-state index contributed by atoms with van der Waals surface area (Å²) in [4.78, 5) is 24.3. The van der Waals surface area contributed by atoms with Gasteiger partial charge in [0.15, 0.2) is 0 Å². The molecule has 0 saturated carbocycles. The molecular formula is C31H45N7. The van der Waals surface area contributed by atoms with Crippen LogP contribution in [0.25, 0.3) is 0 Å². The molecule has 1 aliphatic heterocycles. The van der Waals surface area contributed by atoms with E-state index in [0.717, 1.165) is 102 Å². The predicted octanol–water partition coefficient (Wildman–Crippen LogP) is 4.18. The third-order valence-electron chi connectivity index (χ3n) is 7.37. The Labute approximate surface area is 229 Å². The lowest BCUT2D eigenvalue weighted by Crippen LogP contribution is -2.42. The second-order valence-corrected chi connectivity index (χ2v) is 10.6. The Balaban J connectivity index is 1.47. The van der Waals surface area contributed by atoms with Crippen LogP contribution in [0, 0.1) is 0 Å². The zero-order chi connectivity index (χ0) is 26.4. The number of aromatic nitrogens is 3. The van der Waals surface area contributed by atoms with Crippen molar-refractivity contribution in [3.63, 3.8) is 0 Å². The van der Waals surface area contributed by atoms with E-state index in [4.69, 9.17) is 0 Å². The van der Waals surface area contributed by atoms with Gasteiger partial charge in [-0.25, -0.2) is 0 Å². The summed E-state index contributed by atoms with van der Waals surface area (Å²) in [6.45, 7) is 15.9. The molecule has 7 nitrogen and oxygen atoms in total. The Bertz CT molecular complexity index is 1020. The van der Waals surface area contributed by atoms with E-state index >= 15 is 0 Å². The van der Waals surface area contributed by atoms with Crippen molar-refractivity contribution in [2.45, 2.75) is 52.4 Å². The van der Waals surface area contributed by atoms with Gasteiger partial charge in [-0.2, -0.15) is 0 Å². The summed E-state index contributed by atoms with van der Waals surface area (Å²) in [7, 11) is 0. The largest absolute Gasteiger partial charge is 0.300 e. The maximum atomic E-state index is 4.62. The van der Waals surface area contributed by atoms with Crippen molar-refractivity contribution in [3.8, 4) is 0 Å². The van der Waals surface area contributed by atoms with E-state index in [1.807, 2.05) is 36.8 Å². The van der Waals surface area contributed by atoms with Crippen LogP contribution in [0.15, 0.2) is 73.2 Å². The summed E-state index contributed by atoms with van der Waals surface area (Å²) in [5.74, 6) is 0. The van der Waals surface area contributed by atoms with E-state index < -0.39 is 0 Å². The van der Waals surface area contributed by atoms with Crippen LogP contribution in [-0.2, 0) is 19.6 Å². The average Bonchev–Trinajstić information content (AvgIpc) is 2.94. The van der Waals surface area contributed by atoms with E-state index in [9.17, 15) is 0 Å². The van der Waals surface area contributed by atoms with E-state index in [2.05, 4.69) is 84.8 Å². The standard InChI is InChI=1S/C31H45N7/c1-28(2)38-20-10-19-36(26-30-12-4-7-15-33-30)22-21-35(25-29-11-3-6-14-32-29)17-9-18-37(23-24-38)27-31-13-5-8-16-34-31/h3-8,11-16,28H,9-10,17-27H2,1-2H3. The molecule has 0 bridgehead atoms. The van der Waals surface area contributed by atoms with Gasteiger partial charge in [0.1, 0.15) is 0 Å². The summed E-state index contributed by atoms with van der Waals surface area (Å²) >= 11 is 0. The van der Waals surface area contributed by atoms with E-state index in [1.165, 1.54) is 0 Å². The molecule has 0 radical (unpaired) electrons. The molecule has 0 unspecified atom stereocenters. The van der Waals surface area contributed by atoms with E-state index in [0.29, 0.717) is 6.04 Å². The molecule has 0 aromatic carbocycles. The van der Waals surface area contributed by atoms with Crippen LogP contribution >= 0.6 is 0 Å². The third-order valence-corrected chi connectivity index (χ3v) is 7.37. The average molecular weight is 516 g/mol. The summed E-state index contributed by atoms with van der Waals surface area (Å²) in [5.41, 5.74) is 3.44. The zero-order valence-corrected chi connectivity index (χ0v) is 23.3. The first kappa shape index (κ1) is 28.3. The van der Waals surface area contributed by atoms with E-state index in [-0.39, 0.29) is 0 Å². The second-order valence-electron chi connectivity index (χ2n) is 10.6. The highest BCUT2D eigenvalue weighted by Gasteiger charge is 2.17. The second kappa shape index (κ2) is 15.6. The molecule has 0 aliphatic carbocycles. The molecule has 204 valence electrons. The van der Waals surface area contributed by atoms with E-state index in [1.54, 1.807) is 0 Å². The first-order valence-corrected chi connectivity index (χ1v) is 14.3. The maximum absolute atomic E-state index is 4.62. The fraction of sp³-hybridized carbons (Fsp3) is 0.516. The molecule has 1 aliphatic rings. The topological polar surface area (TPSA) is 51.6 Å². The number of rotatable bonds is 7. The van der Waals surface area contributed by atoms with Crippen LogP contribution in [0.3, 0.4) is 0 Å². The molecule has 1 saturated heterocycles. The maximum Gasteiger partial charge on any atom is 0.0543 e. The Morgan fingerprint density at radius 3 is 1.29 bits per heavy atom. The van der Waals surface area contributed by atoms with Crippen molar-refractivity contribution in [1.29, 1.82) is 0 Å². The van der Waals surface area contributed by atoms with Gasteiger partial charge in [-0.05, 0) is 89.3 Å². The van der Waals surface area contributed by atoms with Crippen LogP contribution < -0.4 is 0 Å². The molecule has 0 amide bonds. The Hall–Kier alpha value is -2.71. The summed E-state index contributed by atoms with van der Waals surface area (Å²) < 4.78 is 0. The molecular weight excluding hydrogens is 470 g/mol. The molecule has 1 fully saturated rings. The minimum absolute atomic E-state index is 0.540. The molecule has 4 heterocycles. The minimum atomic E-state index is 0.540. The van der Waals surface area contributed by atoms with Gasteiger partial charge in [0.2, 0.25) is 0 Å². The number of hydrogen-bond donors (Lipinski definition) is 0. The van der Waals surface area contributed by atoms with Crippen LogP contribution in [0.5, 0.6) is 0 Å². The first-order valence-electron chi connectivity index (χ1n) is 14.3. The van der Waals surface area contributed by atoms with Gasteiger partial charge in [0.05, 0.1) is 17.1 Å². The molecule has 0 N–H and O–H groups in total. The van der Waals surface area contributed by atoms with Gasteiger partial charge >= 0.3 is 0 Å². The minimum Gasteiger partial charge on any atom is -0.300 e. The smallest absolute Gasteiger partial charge is 0.0543 e. The zero-order valence-electron chi connectivity index (χ0n) is 23.3. The molecule has 38 heavy (non-hydrogen) atoms. The summed E-state index contributed by atoms with van der Waals surface area (Å²) in [5, 5.41) is 0. The highest BCUT2D eigenvalue weighted by atomic mass is 15.2. The molecule has 0 spiro atoms. The van der Waals surface area contributed by atoms with Crippen molar-refractivity contribution in [2.24, 2.45) is 0 Å². The normalized spacial score (nSPS) is 18.4. The first-order chi connectivity index (χ1) is 18.7. The third kappa shape index (κ3) is 9.87. The van der Waals surface area contributed by atoms with Crippen LogP contribution in [-0.4, -0.2) is 93.0 Å². The van der Waals surface area contributed by atoms with Crippen molar-refractivity contribution >= 4 is 0 Å². The lowest BCUT2D eigenvalue weighted by Gasteiger charge is -2.33. The SMILES string of the molecule is CC(C)N1CCCN(Cc2ccccn2)CCN(Cc2ccccn2)CCCN(Cc2ccccn2)CC1. The van der Waals surface area contributed by atoms with Crippen molar-refractivity contribution in [3.05, 3.63) is 90.3 Å². The highest BCUT2D eigenvalue weighted by Crippen LogP contribution is 2.11. The van der Waals surface area contributed by atoms with Gasteiger partial charge in [0, 0.05) is 70.4 Å². The van der Waals surface area contributed by atoms with Crippen molar-refractivity contribution in [2.75, 3.05) is 52.4 Å². The van der Waals surface area contributed by atoms with Gasteiger partial charge in [-0.15, -0.1) is 0 Å². The number of hydrogen-bond acceptors (Lipinski definition) is 7. The lowest BCUT2D eigenvalue weighted by molar-refractivity contribution is 0.136. The van der Waals surface area contributed by atoms with Crippen molar-refractivity contribution < 1.29 is 0 Å². The number of pyridine rings is 3. The monoisotopic (exact) mass is 515 g/mol. The van der Waals surface area contributed by atoms with Gasteiger partial charge < -0.3 is 0 Å². The van der Waals surface area contributed by atoms with Crippen molar-refractivity contribution in [1.82, 2.24) is 34.6 Å². The fourth-order valence-electron chi connectivity index (χ4n) is 5.17. The molecule has 3 aromatic heterocycles. The quantitative estimate of drug-likeness (QED) is 0.468. The summed E-state index contributed by atoms with van der Waals surface area (Å²) in [6.07, 6.45) is 8.00. The Morgan fingerprint density at radius 2 is 0.921 bits per heavy atom. The molecule has 0 atom stereocenters. The van der Waals surface area contributed by atoms with Gasteiger partial charge in [-0.1, -0.05) is 18.2 Å². The predicted molar refractivity (Wildman–Crippen MR) is 154 cm³/mol. The van der Waals surface area contributed by atoms with Crippen LogP contribution in [0.1, 0.15) is 43.8 Å².